The quantitative estimate of drug-likeness (QED) is 0.895. The third-order valence-corrected chi connectivity index (χ3v) is 3.60. The van der Waals surface area contributed by atoms with Gasteiger partial charge in [-0.25, -0.2) is 4.98 Å². The molecule has 1 aliphatic rings. The van der Waals surface area contributed by atoms with E-state index < -0.39 is 17.9 Å². The zero-order chi connectivity index (χ0) is 14.0. The van der Waals surface area contributed by atoms with E-state index in [4.69, 9.17) is 9.84 Å². The van der Waals surface area contributed by atoms with E-state index in [1.165, 1.54) is 11.1 Å². The first-order chi connectivity index (χ1) is 9.00. The molecule has 1 aliphatic heterocycles. The van der Waals surface area contributed by atoms with Gasteiger partial charge in [-0.3, -0.25) is 9.59 Å². The van der Waals surface area contributed by atoms with Gasteiger partial charge in [-0.2, -0.15) is 0 Å². The Morgan fingerprint density at radius 2 is 2.21 bits per heavy atom. The number of ether oxygens (including phenoxy) is 1. The lowest BCUT2D eigenvalue weighted by atomic mass is 10.0. The lowest BCUT2D eigenvalue weighted by molar-refractivity contribution is -0.142. The number of aliphatic carboxylic acids is 1. The van der Waals surface area contributed by atoms with Crippen molar-refractivity contribution in [1.29, 1.82) is 0 Å². The number of hydrogen-bond acceptors (Lipinski definition) is 4. The van der Waals surface area contributed by atoms with Crippen molar-refractivity contribution in [3.05, 3.63) is 28.5 Å². The van der Waals surface area contributed by atoms with Gasteiger partial charge in [0.25, 0.3) is 5.91 Å². The summed E-state index contributed by atoms with van der Waals surface area (Å²) >= 11 is 3.24. The minimum absolute atomic E-state index is 0.130. The van der Waals surface area contributed by atoms with Gasteiger partial charge in [0.2, 0.25) is 0 Å². The van der Waals surface area contributed by atoms with E-state index in [1.807, 2.05) is 0 Å². The Hall–Kier alpha value is -1.47. The maximum Gasteiger partial charge on any atom is 0.311 e. The molecule has 0 aromatic carbocycles. The molecule has 1 fully saturated rings. The molecule has 2 atom stereocenters. The van der Waals surface area contributed by atoms with Crippen molar-refractivity contribution in [2.24, 2.45) is 5.92 Å². The monoisotopic (exact) mass is 328 g/mol. The van der Waals surface area contributed by atoms with Crippen LogP contribution in [-0.4, -0.2) is 53.2 Å². The number of pyridine rings is 1. The summed E-state index contributed by atoms with van der Waals surface area (Å²) < 4.78 is 5.93. The van der Waals surface area contributed by atoms with E-state index in [-0.39, 0.29) is 24.8 Å². The van der Waals surface area contributed by atoms with E-state index in [1.54, 1.807) is 19.2 Å². The number of halogens is 1. The highest BCUT2D eigenvalue weighted by molar-refractivity contribution is 9.10. The van der Waals surface area contributed by atoms with Crippen LogP contribution in [0.5, 0.6) is 0 Å². The summed E-state index contributed by atoms with van der Waals surface area (Å²) in [7, 11) is 1.57. The highest BCUT2D eigenvalue weighted by Gasteiger charge is 2.38. The molecule has 0 bridgehead atoms. The molecule has 0 saturated carbocycles. The third-order valence-electron chi connectivity index (χ3n) is 3.13. The molecule has 1 aromatic heterocycles. The molecule has 2 heterocycles. The number of nitrogens with zero attached hydrogens (tertiary/aromatic N) is 2. The van der Waals surface area contributed by atoms with Crippen LogP contribution in [0.2, 0.25) is 0 Å². The second-order valence-corrected chi connectivity index (χ2v) is 5.24. The molecule has 2 rings (SSSR count). The maximum absolute atomic E-state index is 12.2. The molecular formula is C12H13BrN2O4. The minimum atomic E-state index is -0.953. The van der Waals surface area contributed by atoms with E-state index in [2.05, 4.69) is 20.9 Å². The largest absolute Gasteiger partial charge is 0.481 e. The summed E-state index contributed by atoms with van der Waals surface area (Å²) in [4.78, 5) is 28.7. The van der Waals surface area contributed by atoms with Crippen molar-refractivity contribution < 1.29 is 19.4 Å². The Labute approximate surface area is 118 Å². The van der Waals surface area contributed by atoms with Crippen LogP contribution in [-0.2, 0) is 9.53 Å². The molecule has 0 spiro atoms. The average molecular weight is 329 g/mol. The summed E-state index contributed by atoms with van der Waals surface area (Å²) in [5.74, 6) is -1.95. The van der Waals surface area contributed by atoms with Gasteiger partial charge >= 0.3 is 5.97 Å². The predicted molar refractivity (Wildman–Crippen MR) is 69.8 cm³/mol. The Bertz CT molecular complexity index is 491. The van der Waals surface area contributed by atoms with Crippen molar-refractivity contribution in [1.82, 2.24) is 9.88 Å². The molecule has 6 nitrogen and oxygen atoms in total. The number of carboxylic acids is 1. The summed E-state index contributed by atoms with van der Waals surface area (Å²) in [5.41, 5.74) is 0.279. The number of amides is 1. The fourth-order valence-electron chi connectivity index (χ4n) is 1.99. The molecular weight excluding hydrogens is 316 g/mol. The lowest BCUT2D eigenvalue weighted by Gasteiger charge is -2.25. The topological polar surface area (TPSA) is 79.7 Å². The number of carbonyl (C=O) groups excluding carboxylic acids is 1. The van der Waals surface area contributed by atoms with Gasteiger partial charge in [0.05, 0.1) is 19.3 Å². The Kier molecular flexibility index (Phi) is 4.16. The molecule has 7 heteroatoms. The average Bonchev–Trinajstić information content (AvgIpc) is 2.87. The van der Waals surface area contributed by atoms with Gasteiger partial charge in [0.1, 0.15) is 11.6 Å². The summed E-state index contributed by atoms with van der Waals surface area (Å²) in [6.07, 6.45) is 1.53. The molecule has 1 N–H and O–H groups in total. The summed E-state index contributed by atoms with van der Waals surface area (Å²) in [6, 6.07) is 2.85. The number of carboxylic acid groups (broad SMARTS) is 1. The van der Waals surface area contributed by atoms with E-state index in [9.17, 15) is 9.59 Å². The molecule has 0 aliphatic carbocycles. The first-order valence-electron chi connectivity index (χ1n) is 5.70. The lowest BCUT2D eigenvalue weighted by Crippen LogP contribution is -2.44. The van der Waals surface area contributed by atoms with Gasteiger partial charge in [-0.1, -0.05) is 0 Å². The minimum Gasteiger partial charge on any atom is -0.481 e. The van der Waals surface area contributed by atoms with Crippen LogP contribution < -0.4 is 0 Å². The van der Waals surface area contributed by atoms with Crippen LogP contribution in [0.1, 0.15) is 10.5 Å². The van der Waals surface area contributed by atoms with E-state index in [0.29, 0.717) is 0 Å². The number of rotatable bonds is 3. The van der Waals surface area contributed by atoms with E-state index in [0.717, 1.165) is 4.47 Å². The number of likely N-dealkylation sites (N-methyl/N-ethyl adjacent to an activating group) is 1. The van der Waals surface area contributed by atoms with Crippen LogP contribution in [0.4, 0.5) is 0 Å². The van der Waals surface area contributed by atoms with Gasteiger partial charge in [-0.15, -0.1) is 0 Å². The van der Waals surface area contributed by atoms with E-state index >= 15 is 0 Å². The molecule has 0 radical (unpaired) electrons. The van der Waals surface area contributed by atoms with Crippen LogP contribution >= 0.6 is 15.9 Å². The maximum atomic E-state index is 12.2. The molecule has 19 heavy (non-hydrogen) atoms. The smallest absolute Gasteiger partial charge is 0.311 e. The zero-order valence-electron chi connectivity index (χ0n) is 10.2. The molecule has 1 saturated heterocycles. The van der Waals surface area contributed by atoms with Gasteiger partial charge < -0.3 is 14.7 Å². The molecule has 1 amide bonds. The molecule has 1 aromatic rings. The standard InChI is InChI=1S/C12H13BrN2O4/c1-15(10-6-19-5-8(10)12(17)18)11(16)9-3-2-7(13)4-14-9/h2-4,8,10H,5-6H2,1H3,(H,17,18). The van der Waals surface area contributed by atoms with Crippen molar-refractivity contribution in [2.45, 2.75) is 6.04 Å². The number of carbonyl (C=O) groups is 2. The van der Waals surface area contributed by atoms with Crippen LogP contribution in [0.15, 0.2) is 22.8 Å². The van der Waals surface area contributed by atoms with Crippen LogP contribution in [0.25, 0.3) is 0 Å². The first-order valence-corrected chi connectivity index (χ1v) is 6.49. The molecule has 102 valence electrons. The SMILES string of the molecule is CN(C(=O)c1ccc(Br)cn1)C1COCC1C(=O)O. The normalized spacial score (nSPS) is 22.2. The Morgan fingerprint density at radius 1 is 1.47 bits per heavy atom. The highest BCUT2D eigenvalue weighted by Crippen LogP contribution is 2.20. The highest BCUT2D eigenvalue weighted by atomic mass is 79.9. The fourth-order valence-corrected chi connectivity index (χ4v) is 2.23. The van der Waals surface area contributed by atoms with Crippen molar-refractivity contribution in [2.75, 3.05) is 20.3 Å². The first kappa shape index (κ1) is 14.0. The van der Waals surface area contributed by atoms with Crippen LogP contribution in [0, 0.1) is 5.92 Å². The fraction of sp³-hybridized carbons (Fsp3) is 0.417. The number of hydrogen-bond donors (Lipinski definition) is 1. The zero-order valence-corrected chi connectivity index (χ0v) is 11.8. The van der Waals surface area contributed by atoms with Crippen molar-refractivity contribution in [3.63, 3.8) is 0 Å². The van der Waals surface area contributed by atoms with Gasteiger partial charge in [-0.05, 0) is 28.1 Å². The summed E-state index contributed by atoms with van der Waals surface area (Å²) in [6.45, 7) is 0.362. The Balaban J connectivity index is 2.14. The second kappa shape index (κ2) is 5.66. The predicted octanol–water partition coefficient (Wildman–Crippen LogP) is 1.02. The van der Waals surface area contributed by atoms with Crippen molar-refractivity contribution >= 4 is 27.8 Å². The summed E-state index contributed by atoms with van der Waals surface area (Å²) in [5, 5.41) is 9.08. The van der Waals surface area contributed by atoms with Gasteiger partial charge in [0, 0.05) is 17.7 Å². The molecule has 2 unspecified atom stereocenters. The third kappa shape index (κ3) is 2.93. The van der Waals surface area contributed by atoms with Crippen molar-refractivity contribution in [3.8, 4) is 0 Å². The van der Waals surface area contributed by atoms with Gasteiger partial charge in [0.15, 0.2) is 0 Å². The van der Waals surface area contributed by atoms with Crippen LogP contribution in [0.3, 0.4) is 0 Å². The number of aromatic nitrogens is 1. The Morgan fingerprint density at radius 3 is 2.79 bits per heavy atom. The second-order valence-electron chi connectivity index (χ2n) is 4.33.